The van der Waals surface area contributed by atoms with Gasteiger partial charge in [0, 0.05) is 52.9 Å². The molecule has 1 aromatic carbocycles. The number of nitrogens with one attached hydrogen (secondary N) is 1. The van der Waals surface area contributed by atoms with Crippen molar-refractivity contribution in [2.24, 2.45) is 4.99 Å². The normalized spacial score (nSPS) is 20.8. The first-order chi connectivity index (χ1) is 13.1. The van der Waals surface area contributed by atoms with Crippen molar-refractivity contribution in [3.8, 4) is 0 Å². The van der Waals surface area contributed by atoms with Crippen molar-refractivity contribution in [2.45, 2.75) is 25.9 Å². The fraction of sp³-hybridized carbons (Fsp3) is 0.650. The average molecular weight is 505 g/mol. The number of nitrogens with zero attached hydrogens (tertiary/aromatic N) is 4. The molecule has 158 valence electrons. The summed E-state index contributed by atoms with van der Waals surface area (Å²) in [4.78, 5) is 11.4. The van der Waals surface area contributed by atoms with Crippen molar-refractivity contribution in [3.63, 3.8) is 0 Å². The second-order valence-electron chi connectivity index (χ2n) is 7.39. The number of hydrogen-bond acceptors (Lipinski definition) is 4. The minimum absolute atomic E-state index is 0. The number of benzene rings is 1. The van der Waals surface area contributed by atoms with Crippen LogP contribution in [0.5, 0.6) is 0 Å². The van der Waals surface area contributed by atoms with Gasteiger partial charge in [-0.1, -0.05) is 6.07 Å². The zero-order valence-corrected chi connectivity index (χ0v) is 19.5. The number of hydrogen-bond donors (Lipinski definition) is 1. The molecule has 0 radical (unpaired) electrons. The summed E-state index contributed by atoms with van der Waals surface area (Å²) >= 11 is 0. The number of aliphatic imine (C=N–C) groups is 1. The lowest BCUT2D eigenvalue weighted by Gasteiger charge is -2.32. The van der Waals surface area contributed by atoms with Crippen LogP contribution in [0.4, 0.5) is 10.1 Å². The lowest BCUT2D eigenvalue weighted by molar-refractivity contribution is 0.0195. The van der Waals surface area contributed by atoms with E-state index in [2.05, 4.69) is 22.0 Å². The second kappa shape index (κ2) is 11.2. The van der Waals surface area contributed by atoms with Crippen LogP contribution in [-0.2, 0) is 11.3 Å². The summed E-state index contributed by atoms with van der Waals surface area (Å²) < 4.78 is 19.7. The van der Waals surface area contributed by atoms with Crippen LogP contribution in [0.25, 0.3) is 0 Å². The Balaban J connectivity index is 0.00000280. The van der Waals surface area contributed by atoms with Crippen molar-refractivity contribution in [2.75, 3.05) is 64.9 Å². The van der Waals surface area contributed by atoms with Crippen LogP contribution in [-0.4, -0.2) is 81.8 Å². The Kier molecular flexibility index (Phi) is 9.23. The van der Waals surface area contributed by atoms with E-state index in [0.717, 1.165) is 63.9 Å². The molecule has 2 saturated heterocycles. The lowest BCUT2D eigenvalue weighted by Crippen LogP contribution is -2.46. The Morgan fingerprint density at radius 1 is 1.29 bits per heavy atom. The van der Waals surface area contributed by atoms with E-state index in [1.807, 2.05) is 26.2 Å². The van der Waals surface area contributed by atoms with Crippen LogP contribution in [0.3, 0.4) is 0 Å². The SMILES string of the molecule is CCNC(=NCc1ccc(N(C)C)c(F)c1)N1CCC(N2CCOCC2)C1.I. The Bertz CT molecular complexity index is 651. The Morgan fingerprint density at radius 3 is 2.68 bits per heavy atom. The smallest absolute Gasteiger partial charge is 0.194 e. The fourth-order valence-electron chi connectivity index (χ4n) is 3.78. The van der Waals surface area contributed by atoms with E-state index in [4.69, 9.17) is 9.73 Å². The van der Waals surface area contributed by atoms with Gasteiger partial charge in [-0.25, -0.2) is 9.38 Å². The number of rotatable bonds is 5. The van der Waals surface area contributed by atoms with Gasteiger partial charge in [-0.05, 0) is 31.0 Å². The maximum absolute atomic E-state index is 14.2. The van der Waals surface area contributed by atoms with Gasteiger partial charge in [-0.3, -0.25) is 4.90 Å². The molecule has 2 fully saturated rings. The van der Waals surface area contributed by atoms with Gasteiger partial charge in [0.25, 0.3) is 0 Å². The summed E-state index contributed by atoms with van der Waals surface area (Å²) in [6.45, 7) is 9.07. The molecule has 1 unspecified atom stereocenters. The molecule has 1 atom stereocenters. The first kappa shape index (κ1) is 23.2. The minimum Gasteiger partial charge on any atom is -0.379 e. The molecular formula is C20H33FIN5O. The number of anilines is 1. The van der Waals surface area contributed by atoms with E-state index in [1.165, 1.54) is 0 Å². The van der Waals surface area contributed by atoms with E-state index in [0.29, 0.717) is 18.3 Å². The number of halogens is 2. The summed E-state index contributed by atoms with van der Waals surface area (Å²) in [6.07, 6.45) is 1.15. The maximum atomic E-state index is 14.2. The predicted octanol–water partition coefficient (Wildman–Crippen LogP) is 2.38. The molecule has 8 heteroatoms. The van der Waals surface area contributed by atoms with E-state index >= 15 is 0 Å². The van der Waals surface area contributed by atoms with E-state index in [1.54, 1.807) is 11.0 Å². The minimum atomic E-state index is -0.203. The van der Waals surface area contributed by atoms with Gasteiger partial charge in [-0.15, -0.1) is 24.0 Å². The standard InChI is InChI=1S/C20H32FN5O.HI/c1-4-22-20(23-14-16-5-6-19(24(2)3)18(21)13-16)26-8-7-17(15-26)25-9-11-27-12-10-25;/h5-6,13,17H,4,7-12,14-15H2,1-3H3,(H,22,23);1H. The van der Waals surface area contributed by atoms with Crippen LogP contribution in [0, 0.1) is 5.82 Å². The average Bonchev–Trinajstić information content (AvgIpc) is 3.15. The highest BCUT2D eigenvalue weighted by Crippen LogP contribution is 2.20. The zero-order chi connectivity index (χ0) is 19.2. The van der Waals surface area contributed by atoms with E-state index < -0.39 is 0 Å². The van der Waals surface area contributed by atoms with Gasteiger partial charge in [0.1, 0.15) is 5.82 Å². The molecule has 1 N–H and O–H groups in total. The first-order valence-electron chi connectivity index (χ1n) is 9.89. The van der Waals surface area contributed by atoms with Crippen molar-refractivity contribution in [3.05, 3.63) is 29.6 Å². The molecule has 0 saturated carbocycles. The fourth-order valence-corrected chi connectivity index (χ4v) is 3.78. The molecule has 0 aromatic heterocycles. The molecule has 0 bridgehead atoms. The predicted molar refractivity (Wildman–Crippen MR) is 123 cm³/mol. The van der Waals surface area contributed by atoms with Gasteiger partial charge < -0.3 is 19.9 Å². The zero-order valence-electron chi connectivity index (χ0n) is 17.2. The highest BCUT2D eigenvalue weighted by molar-refractivity contribution is 14.0. The van der Waals surface area contributed by atoms with E-state index in [9.17, 15) is 4.39 Å². The molecule has 6 nitrogen and oxygen atoms in total. The van der Waals surface area contributed by atoms with Gasteiger partial charge in [-0.2, -0.15) is 0 Å². The van der Waals surface area contributed by atoms with Crippen molar-refractivity contribution < 1.29 is 9.13 Å². The monoisotopic (exact) mass is 505 g/mol. The van der Waals surface area contributed by atoms with Gasteiger partial charge >= 0.3 is 0 Å². The summed E-state index contributed by atoms with van der Waals surface area (Å²) in [5, 5.41) is 3.39. The number of ether oxygens (including phenoxy) is 1. The summed E-state index contributed by atoms with van der Waals surface area (Å²) in [7, 11) is 3.69. The molecule has 2 aliphatic rings. The molecule has 3 rings (SSSR count). The highest BCUT2D eigenvalue weighted by Gasteiger charge is 2.30. The molecule has 1 aromatic rings. The third-order valence-corrected chi connectivity index (χ3v) is 5.27. The molecule has 0 spiro atoms. The Labute approximate surface area is 185 Å². The van der Waals surface area contributed by atoms with Crippen LogP contribution >= 0.6 is 24.0 Å². The van der Waals surface area contributed by atoms with Crippen molar-refractivity contribution >= 4 is 35.6 Å². The van der Waals surface area contributed by atoms with Crippen LogP contribution < -0.4 is 10.2 Å². The molecular weight excluding hydrogens is 472 g/mol. The van der Waals surface area contributed by atoms with Crippen LogP contribution in [0.15, 0.2) is 23.2 Å². The Hall–Kier alpha value is -1.13. The van der Waals surface area contributed by atoms with Crippen LogP contribution in [0.2, 0.25) is 0 Å². The molecule has 0 amide bonds. The third-order valence-electron chi connectivity index (χ3n) is 5.27. The molecule has 0 aliphatic carbocycles. The summed E-state index contributed by atoms with van der Waals surface area (Å²) in [5.41, 5.74) is 1.49. The number of likely N-dealkylation sites (tertiary alicyclic amines) is 1. The summed E-state index contributed by atoms with van der Waals surface area (Å²) in [5.74, 6) is 0.719. The number of morpholine rings is 1. The lowest BCUT2D eigenvalue weighted by atomic mass is 10.2. The quantitative estimate of drug-likeness (QED) is 0.379. The largest absolute Gasteiger partial charge is 0.379 e. The van der Waals surface area contributed by atoms with Gasteiger partial charge in [0.15, 0.2) is 5.96 Å². The van der Waals surface area contributed by atoms with Crippen molar-refractivity contribution in [1.82, 2.24) is 15.1 Å². The first-order valence-corrected chi connectivity index (χ1v) is 9.89. The second-order valence-corrected chi connectivity index (χ2v) is 7.39. The van der Waals surface area contributed by atoms with Crippen LogP contribution in [0.1, 0.15) is 18.9 Å². The van der Waals surface area contributed by atoms with Gasteiger partial charge in [0.05, 0.1) is 25.4 Å². The topological polar surface area (TPSA) is 43.3 Å². The highest BCUT2D eigenvalue weighted by atomic mass is 127. The molecule has 2 aliphatic heterocycles. The van der Waals surface area contributed by atoms with E-state index in [-0.39, 0.29) is 29.8 Å². The molecule has 28 heavy (non-hydrogen) atoms. The van der Waals surface area contributed by atoms with Gasteiger partial charge in [0.2, 0.25) is 0 Å². The van der Waals surface area contributed by atoms with Crippen molar-refractivity contribution in [1.29, 1.82) is 0 Å². The number of guanidine groups is 1. The summed E-state index contributed by atoms with van der Waals surface area (Å²) in [6, 6.07) is 5.92. The third kappa shape index (κ3) is 5.93. The molecule has 2 heterocycles. The Morgan fingerprint density at radius 2 is 2.04 bits per heavy atom. The maximum Gasteiger partial charge on any atom is 0.194 e.